The van der Waals surface area contributed by atoms with E-state index in [1.54, 1.807) is 6.26 Å². The normalized spacial score (nSPS) is 20.0. The van der Waals surface area contributed by atoms with Crippen molar-refractivity contribution in [3.05, 3.63) is 23.8 Å². The van der Waals surface area contributed by atoms with E-state index in [0.717, 1.165) is 31.5 Å². The molecule has 1 amide bonds. The smallest absolute Gasteiger partial charge is 0.240 e. The van der Waals surface area contributed by atoms with Gasteiger partial charge < -0.3 is 14.8 Å². The predicted octanol–water partition coefficient (Wildman–Crippen LogP) is 2.97. The summed E-state index contributed by atoms with van der Waals surface area (Å²) in [5.41, 5.74) is 0.720. The second-order valence-electron chi connectivity index (χ2n) is 6.07. The first-order valence-corrected chi connectivity index (χ1v) is 9.26. The lowest BCUT2D eigenvalue weighted by Gasteiger charge is -2.37. The van der Waals surface area contributed by atoms with Gasteiger partial charge in [0.25, 0.3) is 0 Å². The largest absolute Gasteiger partial charge is 0.463 e. The van der Waals surface area contributed by atoms with Crippen LogP contribution < -0.4 is 5.32 Å². The van der Waals surface area contributed by atoms with Crippen LogP contribution in [0.5, 0.6) is 0 Å². The molecule has 7 heteroatoms. The number of carbonyl (C=O) groups is 1. The van der Waals surface area contributed by atoms with Gasteiger partial charge in [0.2, 0.25) is 5.91 Å². The van der Waals surface area contributed by atoms with Crippen molar-refractivity contribution in [2.45, 2.75) is 44.8 Å². The number of piperidine rings is 1. The van der Waals surface area contributed by atoms with E-state index in [0.29, 0.717) is 17.3 Å². The number of aromatic nitrogens is 1. The van der Waals surface area contributed by atoms with Gasteiger partial charge in [-0.15, -0.1) is 11.3 Å². The number of rotatable bonds is 6. The quantitative estimate of drug-likeness (QED) is 0.838. The highest BCUT2D eigenvalue weighted by molar-refractivity contribution is 7.14. The van der Waals surface area contributed by atoms with E-state index in [1.807, 2.05) is 24.4 Å². The second kappa shape index (κ2) is 7.92. The Balaban J connectivity index is 1.58. The number of anilines is 1. The fourth-order valence-corrected chi connectivity index (χ4v) is 3.85. The Morgan fingerprint density at radius 1 is 1.58 bits per heavy atom. The maximum absolute atomic E-state index is 12.3. The van der Waals surface area contributed by atoms with Gasteiger partial charge in [-0.2, -0.15) is 0 Å². The molecule has 0 bridgehead atoms. The molecule has 2 unspecified atom stereocenters. The summed E-state index contributed by atoms with van der Waals surface area (Å²) in [5.74, 6) is 0.597. The Morgan fingerprint density at radius 3 is 3.21 bits per heavy atom. The van der Waals surface area contributed by atoms with E-state index in [-0.39, 0.29) is 24.6 Å². The number of amides is 1. The van der Waals surface area contributed by atoms with Gasteiger partial charge in [0.05, 0.1) is 18.9 Å². The average Bonchev–Trinajstić information content (AvgIpc) is 3.25. The molecule has 2 aromatic heterocycles. The highest BCUT2D eigenvalue weighted by atomic mass is 32.1. The first-order valence-electron chi connectivity index (χ1n) is 8.38. The summed E-state index contributed by atoms with van der Waals surface area (Å²) in [6.45, 7) is 3.12. The third-order valence-electron chi connectivity index (χ3n) is 4.40. The summed E-state index contributed by atoms with van der Waals surface area (Å²) < 4.78 is 5.31. The monoisotopic (exact) mass is 349 g/mol. The number of furan rings is 1. The van der Waals surface area contributed by atoms with Gasteiger partial charge in [0.15, 0.2) is 10.9 Å². The molecule has 3 rings (SSSR count). The third-order valence-corrected chi connectivity index (χ3v) is 5.16. The number of hydrogen-bond donors (Lipinski definition) is 2. The Hall–Kier alpha value is -1.70. The third kappa shape index (κ3) is 4.03. The average molecular weight is 349 g/mol. The summed E-state index contributed by atoms with van der Waals surface area (Å²) in [4.78, 5) is 18.8. The molecule has 0 aliphatic carbocycles. The lowest BCUT2D eigenvalue weighted by atomic mass is 9.96. The number of carbonyl (C=O) groups excluding carboxylic acids is 1. The number of aliphatic hydroxyl groups is 1. The molecule has 1 fully saturated rings. The van der Waals surface area contributed by atoms with Crippen LogP contribution >= 0.6 is 11.3 Å². The molecule has 3 heterocycles. The number of hydrogen-bond acceptors (Lipinski definition) is 6. The van der Waals surface area contributed by atoms with E-state index in [9.17, 15) is 9.90 Å². The summed E-state index contributed by atoms with van der Waals surface area (Å²) >= 11 is 1.38. The first-order chi connectivity index (χ1) is 11.7. The molecule has 1 aliphatic heterocycles. The SMILES string of the molecule is CCC(O)C1CCCCN1CC(=O)Nc1nc(-c2ccco2)cs1. The van der Waals surface area contributed by atoms with Crippen LogP contribution in [0.2, 0.25) is 0 Å². The molecular weight excluding hydrogens is 326 g/mol. The highest BCUT2D eigenvalue weighted by Gasteiger charge is 2.29. The zero-order valence-corrected chi connectivity index (χ0v) is 14.6. The van der Waals surface area contributed by atoms with E-state index in [4.69, 9.17) is 4.42 Å². The van der Waals surface area contributed by atoms with Crippen molar-refractivity contribution in [2.24, 2.45) is 0 Å². The molecule has 1 aliphatic rings. The van der Waals surface area contributed by atoms with Crippen LogP contribution in [0.4, 0.5) is 5.13 Å². The summed E-state index contributed by atoms with van der Waals surface area (Å²) in [6, 6.07) is 3.72. The van der Waals surface area contributed by atoms with Crippen LogP contribution in [-0.2, 0) is 4.79 Å². The summed E-state index contributed by atoms with van der Waals surface area (Å²) in [6.07, 6.45) is 5.06. The molecule has 0 radical (unpaired) electrons. The van der Waals surface area contributed by atoms with Gasteiger partial charge in [-0.25, -0.2) is 4.98 Å². The van der Waals surface area contributed by atoms with Crippen molar-refractivity contribution in [1.82, 2.24) is 9.88 Å². The van der Waals surface area contributed by atoms with E-state index in [1.165, 1.54) is 11.3 Å². The molecule has 0 aromatic carbocycles. The Bertz CT molecular complexity index is 656. The number of aliphatic hydroxyl groups excluding tert-OH is 1. The standard InChI is InChI=1S/C17H23N3O3S/c1-2-14(21)13-6-3-4-8-20(13)10-16(22)19-17-18-12(11-24-17)15-7-5-9-23-15/h5,7,9,11,13-14,21H,2-4,6,8,10H2,1H3,(H,18,19,22). The van der Waals surface area contributed by atoms with Gasteiger partial charge in [-0.05, 0) is 37.9 Å². The lowest BCUT2D eigenvalue weighted by Crippen LogP contribution is -2.49. The van der Waals surface area contributed by atoms with Crippen LogP contribution in [0, 0.1) is 0 Å². The van der Waals surface area contributed by atoms with Crippen LogP contribution in [0.1, 0.15) is 32.6 Å². The van der Waals surface area contributed by atoms with Crippen molar-refractivity contribution >= 4 is 22.4 Å². The molecule has 1 saturated heterocycles. The molecule has 6 nitrogen and oxygen atoms in total. The van der Waals surface area contributed by atoms with E-state index in [2.05, 4.69) is 15.2 Å². The van der Waals surface area contributed by atoms with Gasteiger partial charge in [-0.1, -0.05) is 13.3 Å². The Kier molecular flexibility index (Phi) is 5.65. The maximum Gasteiger partial charge on any atom is 0.240 e. The fraction of sp³-hybridized carbons (Fsp3) is 0.529. The highest BCUT2D eigenvalue weighted by Crippen LogP contribution is 2.25. The minimum atomic E-state index is -0.372. The van der Waals surface area contributed by atoms with Gasteiger partial charge in [0, 0.05) is 11.4 Å². The van der Waals surface area contributed by atoms with Gasteiger partial charge >= 0.3 is 0 Å². The number of nitrogens with zero attached hydrogens (tertiary/aromatic N) is 2. The van der Waals surface area contributed by atoms with E-state index < -0.39 is 0 Å². The van der Waals surface area contributed by atoms with Crippen LogP contribution in [0.3, 0.4) is 0 Å². The number of thiazole rings is 1. The van der Waals surface area contributed by atoms with Crippen molar-refractivity contribution < 1.29 is 14.3 Å². The van der Waals surface area contributed by atoms with Gasteiger partial charge in [0.1, 0.15) is 5.69 Å². The zero-order chi connectivity index (χ0) is 16.9. The summed E-state index contributed by atoms with van der Waals surface area (Å²) in [5, 5.41) is 15.4. The van der Waals surface area contributed by atoms with Crippen molar-refractivity contribution in [2.75, 3.05) is 18.4 Å². The predicted molar refractivity (Wildman–Crippen MR) is 94.0 cm³/mol. The van der Waals surface area contributed by atoms with E-state index >= 15 is 0 Å². The topological polar surface area (TPSA) is 78.6 Å². The molecule has 0 spiro atoms. The lowest BCUT2D eigenvalue weighted by molar-refractivity contribution is -0.119. The number of nitrogens with one attached hydrogen (secondary N) is 1. The molecule has 130 valence electrons. The Labute approximate surface area is 145 Å². The number of likely N-dealkylation sites (tertiary alicyclic amines) is 1. The molecule has 2 atom stereocenters. The molecule has 24 heavy (non-hydrogen) atoms. The fourth-order valence-electron chi connectivity index (χ4n) is 3.13. The van der Waals surface area contributed by atoms with Crippen LogP contribution in [-0.4, -0.2) is 46.1 Å². The molecular formula is C17H23N3O3S. The zero-order valence-electron chi connectivity index (χ0n) is 13.8. The molecule has 2 N–H and O–H groups in total. The van der Waals surface area contributed by atoms with Gasteiger partial charge in [-0.3, -0.25) is 9.69 Å². The van der Waals surface area contributed by atoms with Crippen molar-refractivity contribution in [3.63, 3.8) is 0 Å². The first kappa shape index (κ1) is 17.1. The minimum absolute atomic E-state index is 0.0736. The van der Waals surface area contributed by atoms with Crippen molar-refractivity contribution in [3.8, 4) is 11.5 Å². The minimum Gasteiger partial charge on any atom is -0.463 e. The maximum atomic E-state index is 12.3. The Morgan fingerprint density at radius 2 is 2.46 bits per heavy atom. The molecule has 2 aromatic rings. The summed E-state index contributed by atoms with van der Waals surface area (Å²) in [7, 11) is 0. The van der Waals surface area contributed by atoms with Crippen LogP contribution in [0.15, 0.2) is 28.2 Å². The molecule has 0 saturated carbocycles. The van der Waals surface area contributed by atoms with Crippen LogP contribution in [0.25, 0.3) is 11.5 Å². The van der Waals surface area contributed by atoms with Crippen molar-refractivity contribution in [1.29, 1.82) is 0 Å². The second-order valence-corrected chi connectivity index (χ2v) is 6.93.